The highest BCUT2D eigenvalue weighted by Gasteiger charge is 2.17. The lowest BCUT2D eigenvalue weighted by atomic mass is 9.97. The molecule has 6 heteroatoms. The van der Waals surface area contributed by atoms with E-state index in [1.54, 1.807) is 6.07 Å². The van der Waals surface area contributed by atoms with Crippen molar-refractivity contribution >= 4 is 16.6 Å². The van der Waals surface area contributed by atoms with E-state index in [-0.39, 0.29) is 12.1 Å². The van der Waals surface area contributed by atoms with Gasteiger partial charge in [-0.15, -0.1) is 0 Å². The van der Waals surface area contributed by atoms with Crippen molar-refractivity contribution in [3.05, 3.63) is 99.7 Å². The molecule has 2 heterocycles. The Morgan fingerprint density at radius 3 is 2.63 bits per heavy atom. The summed E-state index contributed by atoms with van der Waals surface area (Å²) >= 11 is 0. The summed E-state index contributed by atoms with van der Waals surface area (Å²) < 4.78 is 31.2. The predicted octanol–water partition coefficient (Wildman–Crippen LogP) is 4.74. The monoisotopic (exact) mass is 401 g/mol. The summed E-state index contributed by atoms with van der Waals surface area (Å²) in [5, 5.41) is 0. The average Bonchev–Trinajstić information content (AvgIpc) is 3.12. The normalized spacial score (nSPS) is 12.8. The van der Waals surface area contributed by atoms with Crippen molar-refractivity contribution in [1.82, 2.24) is 14.5 Å². The molecule has 0 N–H and O–H groups in total. The number of allylic oxidation sites excluding steroid dienone is 2. The summed E-state index contributed by atoms with van der Waals surface area (Å²) in [5.74, 6) is -1.38. The van der Waals surface area contributed by atoms with E-state index in [1.165, 1.54) is 40.2 Å². The van der Waals surface area contributed by atoms with Crippen molar-refractivity contribution in [3.8, 4) is 11.1 Å². The largest absolute Gasteiger partial charge is 0.301 e. The molecule has 30 heavy (non-hydrogen) atoms. The van der Waals surface area contributed by atoms with Gasteiger partial charge in [0.1, 0.15) is 17.2 Å². The van der Waals surface area contributed by atoms with E-state index in [2.05, 4.69) is 23.0 Å². The maximum absolute atomic E-state index is 15.0. The van der Waals surface area contributed by atoms with Crippen LogP contribution >= 0.6 is 0 Å². The Morgan fingerprint density at radius 2 is 1.83 bits per heavy atom. The second kappa shape index (κ2) is 6.99. The first-order valence-electron chi connectivity index (χ1n) is 9.59. The molecule has 1 aliphatic carbocycles. The summed E-state index contributed by atoms with van der Waals surface area (Å²) in [6.45, 7) is 1.83. The minimum absolute atomic E-state index is 0.163. The number of fused-ring (bicyclic) bond motifs is 2. The first kappa shape index (κ1) is 18.4. The standard InChI is InChI=1S/C24H17F2N3O/c1-14-2-3-16-8-15(4-5-18(14)16)17-9-20(25)19(21(26)10-17)13-29-23-6-7-27-11-22(23)28-12-24(29)30/h2,4-12H,3,13H2,1H3. The van der Waals surface area contributed by atoms with Crippen LogP contribution < -0.4 is 5.56 Å². The second-order valence-corrected chi connectivity index (χ2v) is 7.43. The van der Waals surface area contributed by atoms with Gasteiger partial charge >= 0.3 is 0 Å². The lowest BCUT2D eigenvalue weighted by molar-refractivity contribution is 0.545. The number of pyridine rings is 1. The highest BCUT2D eigenvalue weighted by Crippen LogP contribution is 2.32. The Balaban J connectivity index is 1.55. The summed E-state index contributed by atoms with van der Waals surface area (Å²) in [7, 11) is 0. The lowest BCUT2D eigenvalue weighted by Gasteiger charge is -2.13. The molecular formula is C24H17F2N3O. The van der Waals surface area contributed by atoms with Crippen LogP contribution in [0, 0.1) is 11.6 Å². The topological polar surface area (TPSA) is 47.8 Å². The predicted molar refractivity (Wildman–Crippen MR) is 112 cm³/mol. The molecular weight excluding hydrogens is 384 g/mol. The van der Waals surface area contributed by atoms with Crippen molar-refractivity contribution in [3.63, 3.8) is 0 Å². The van der Waals surface area contributed by atoms with Gasteiger partial charge in [0.25, 0.3) is 5.56 Å². The quantitative estimate of drug-likeness (QED) is 0.498. The van der Waals surface area contributed by atoms with Crippen molar-refractivity contribution in [2.24, 2.45) is 0 Å². The fraction of sp³-hybridized carbons (Fsp3) is 0.125. The van der Waals surface area contributed by atoms with Gasteiger partial charge in [-0.2, -0.15) is 0 Å². The van der Waals surface area contributed by atoms with Crippen molar-refractivity contribution in [2.75, 3.05) is 0 Å². The summed E-state index contributed by atoms with van der Waals surface area (Å²) in [6, 6.07) is 10.1. The Bertz CT molecular complexity index is 1380. The van der Waals surface area contributed by atoms with Gasteiger partial charge in [0, 0.05) is 11.8 Å². The molecule has 0 unspecified atom stereocenters. The van der Waals surface area contributed by atoms with Crippen LogP contribution in [0.5, 0.6) is 0 Å². The number of hydrogen-bond donors (Lipinski definition) is 0. The molecule has 0 saturated heterocycles. The van der Waals surface area contributed by atoms with Crippen LogP contribution in [0.4, 0.5) is 8.78 Å². The molecule has 4 nitrogen and oxygen atoms in total. The van der Waals surface area contributed by atoms with Gasteiger partial charge in [0.15, 0.2) is 0 Å². The molecule has 5 rings (SSSR count). The van der Waals surface area contributed by atoms with Gasteiger partial charge < -0.3 is 4.57 Å². The number of hydrogen-bond acceptors (Lipinski definition) is 3. The Kier molecular flexibility index (Phi) is 4.28. The number of aromatic nitrogens is 3. The molecule has 4 aromatic rings. The summed E-state index contributed by atoms with van der Waals surface area (Å²) in [6.07, 6.45) is 7.12. The van der Waals surface area contributed by atoms with Crippen LogP contribution in [0.25, 0.3) is 27.7 Å². The fourth-order valence-corrected chi connectivity index (χ4v) is 3.96. The Morgan fingerprint density at radius 1 is 1.03 bits per heavy atom. The van der Waals surface area contributed by atoms with E-state index in [9.17, 15) is 13.6 Å². The molecule has 0 spiro atoms. The maximum atomic E-state index is 15.0. The van der Waals surface area contributed by atoms with Crippen LogP contribution in [-0.4, -0.2) is 14.5 Å². The Hall–Kier alpha value is -3.67. The van der Waals surface area contributed by atoms with Crippen molar-refractivity contribution in [1.29, 1.82) is 0 Å². The van der Waals surface area contributed by atoms with E-state index in [0.29, 0.717) is 16.6 Å². The zero-order valence-corrected chi connectivity index (χ0v) is 16.2. The lowest BCUT2D eigenvalue weighted by Crippen LogP contribution is -2.22. The van der Waals surface area contributed by atoms with Gasteiger partial charge in [-0.05, 0) is 59.4 Å². The molecule has 2 aromatic carbocycles. The average molecular weight is 401 g/mol. The molecule has 0 radical (unpaired) electrons. The number of benzene rings is 2. The SMILES string of the molecule is CC1=CCc2cc(-c3cc(F)c(Cn4c(=O)cnc5cnccc54)c(F)c3)ccc21. The molecule has 0 saturated carbocycles. The first-order valence-corrected chi connectivity index (χ1v) is 9.59. The van der Waals surface area contributed by atoms with Gasteiger partial charge in [-0.1, -0.05) is 24.3 Å². The summed E-state index contributed by atoms with van der Waals surface area (Å²) in [4.78, 5) is 20.3. The molecule has 1 aliphatic rings. The minimum atomic E-state index is -0.689. The van der Waals surface area contributed by atoms with Crippen LogP contribution in [0.15, 0.2) is 65.9 Å². The second-order valence-electron chi connectivity index (χ2n) is 7.43. The van der Waals surface area contributed by atoms with Crippen molar-refractivity contribution in [2.45, 2.75) is 19.9 Å². The van der Waals surface area contributed by atoms with E-state index < -0.39 is 17.2 Å². The molecule has 0 fully saturated rings. The van der Waals surface area contributed by atoms with E-state index in [1.807, 2.05) is 18.2 Å². The first-order chi connectivity index (χ1) is 14.5. The van der Waals surface area contributed by atoms with Gasteiger partial charge in [0.2, 0.25) is 0 Å². The van der Waals surface area contributed by atoms with Crippen LogP contribution in [-0.2, 0) is 13.0 Å². The van der Waals surface area contributed by atoms with E-state index in [4.69, 9.17) is 0 Å². The van der Waals surface area contributed by atoms with Crippen LogP contribution in [0.3, 0.4) is 0 Å². The third-order valence-electron chi connectivity index (χ3n) is 5.60. The third-order valence-corrected chi connectivity index (χ3v) is 5.60. The van der Waals surface area contributed by atoms with Crippen LogP contribution in [0.2, 0.25) is 0 Å². The van der Waals surface area contributed by atoms with E-state index >= 15 is 0 Å². The zero-order chi connectivity index (χ0) is 20.8. The highest BCUT2D eigenvalue weighted by molar-refractivity contribution is 5.76. The highest BCUT2D eigenvalue weighted by atomic mass is 19.1. The fourth-order valence-electron chi connectivity index (χ4n) is 3.96. The molecule has 2 aromatic heterocycles. The zero-order valence-electron chi connectivity index (χ0n) is 16.2. The van der Waals surface area contributed by atoms with Gasteiger partial charge in [-0.25, -0.2) is 13.8 Å². The molecule has 0 aliphatic heterocycles. The van der Waals surface area contributed by atoms with Gasteiger partial charge in [0.05, 0.1) is 24.5 Å². The molecule has 0 amide bonds. The van der Waals surface area contributed by atoms with E-state index in [0.717, 1.165) is 23.7 Å². The Labute approximate surface area is 171 Å². The number of rotatable bonds is 3. The molecule has 0 atom stereocenters. The number of halogens is 2. The number of nitrogens with zero attached hydrogens (tertiary/aromatic N) is 3. The van der Waals surface area contributed by atoms with Crippen molar-refractivity contribution < 1.29 is 8.78 Å². The molecule has 0 bridgehead atoms. The van der Waals surface area contributed by atoms with Crippen LogP contribution in [0.1, 0.15) is 23.6 Å². The summed E-state index contributed by atoms with van der Waals surface area (Å²) in [5.41, 5.74) is 5.14. The smallest absolute Gasteiger partial charge is 0.269 e. The maximum Gasteiger partial charge on any atom is 0.269 e. The minimum Gasteiger partial charge on any atom is -0.301 e. The van der Waals surface area contributed by atoms with Gasteiger partial charge in [-0.3, -0.25) is 9.78 Å². The molecule has 148 valence electrons. The third kappa shape index (κ3) is 3.01.